The van der Waals surface area contributed by atoms with E-state index in [2.05, 4.69) is 0 Å². The molecule has 104 valence electrons. The smallest absolute Gasteiger partial charge is 0.302 e. The van der Waals surface area contributed by atoms with Gasteiger partial charge in [-0.05, 0) is 0 Å². The van der Waals surface area contributed by atoms with E-state index < -0.39 is 5.97 Å². The third kappa shape index (κ3) is 2.14. The van der Waals surface area contributed by atoms with Crippen LogP contribution in [0.1, 0.15) is 44.3 Å². The summed E-state index contributed by atoms with van der Waals surface area (Å²) in [6, 6.07) is 11.8. The Morgan fingerprint density at radius 2 is 1.52 bits per heavy atom. The molecule has 0 saturated heterocycles. The molecule has 4 nitrogen and oxygen atoms in total. The zero-order valence-electron chi connectivity index (χ0n) is 11.4. The summed E-state index contributed by atoms with van der Waals surface area (Å²) in [7, 11) is 0. The van der Waals surface area contributed by atoms with Gasteiger partial charge < -0.3 is 4.74 Å². The Morgan fingerprint density at radius 3 is 2.19 bits per heavy atom. The molecule has 0 radical (unpaired) electrons. The molecule has 21 heavy (non-hydrogen) atoms. The zero-order chi connectivity index (χ0) is 15.0. The number of hydrogen-bond acceptors (Lipinski definition) is 4. The number of ether oxygens (including phenoxy) is 1. The number of carbonyl (C=O) groups excluding carboxylic acids is 3. The lowest BCUT2D eigenvalue weighted by atomic mass is 9.82. The van der Waals surface area contributed by atoms with Crippen LogP contribution in [0.5, 0.6) is 0 Å². The molecule has 0 saturated carbocycles. The van der Waals surface area contributed by atoms with Crippen LogP contribution in [-0.4, -0.2) is 17.5 Å². The third-order valence-corrected chi connectivity index (χ3v) is 3.47. The van der Waals surface area contributed by atoms with Gasteiger partial charge in [-0.25, -0.2) is 0 Å². The first-order valence-corrected chi connectivity index (χ1v) is 6.53. The second-order valence-electron chi connectivity index (χ2n) is 4.82. The van der Waals surface area contributed by atoms with Crippen LogP contribution < -0.4 is 0 Å². The van der Waals surface area contributed by atoms with Crippen molar-refractivity contribution in [3.63, 3.8) is 0 Å². The monoisotopic (exact) mass is 280 g/mol. The van der Waals surface area contributed by atoms with Crippen molar-refractivity contribution in [2.45, 2.75) is 13.5 Å². The molecule has 0 atom stereocenters. The Labute approximate surface area is 121 Å². The lowest BCUT2D eigenvalue weighted by molar-refractivity contribution is -0.142. The Hall–Kier alpha value is -2.75. The maximum absolute atomic E-state index is 12.6. The Kier molecular flexibility index (Phi) is 3.14. The Morgan fingerprint density at radius 1 is 0.905 bits per heavy atom. The van der Waals surface area contributed by atoms with E-state index in [1.54, 1.807) is 42.5 Å². The number of fused-ring (bicyclic) bond motifs is 2. The van der Waals surface area contributed by atoms with Gasteiger partial charge in [0.15, 0.2) is 11.6 Å². The van der Waals surface area contributed by atoms with E-state index in [0.29, 0.717) is 27.8 Å². The van der Waals surface area contributed by atoms with E-state index >= 15 is 0 Å². The van der Waals surface area contributed by atoms with Gasteiger partial charge in [-0.2, -0.15) is 0 Å². The van der Waals surface area contributed by atoms with Crippen LogP contribution in [0.2, 0.25) is 0 Å². The van der Waals surface area contributed by atoms with Crippen molar-refractivity contribution in [2.75, 3.05) is 0 Å². The molecule has 0 spiro atoms. The normalized spacial score (nSPS) is 12.6. The minimum atomic E-state index is -0.428. The molecule has 4 heteroatoms. The molecule has 3 rings (SSSR count). The zero-order valence-corrected chi connectivity index (χ0v) is 11.4. The van der Waals surface area contributed by atoms with Crippen LogP contribution in [0.25, 0.3) is 0 Å². The predicted octanol–water partition coefficient (Wildman–Crippen LogP) is 2.53. The Bertz CT molecular complexity index is 774. The first-order valence-electron chi connectivity index (χ1n) is 6.53. The van der Waals surface area contributed by atoms with Crippen molar-refractivity contribution in [2.24, 2.45) is 0 Å². The molecule has 0 N–H and O–H groups in total. The molecular formula is C17H12O4. The summed E-state index contributed by atoms with van der Waals surface area (Å²) in [5.41, 5.74) is 2.06. The second-order valence-corrected chi connectivity index (χ2v) is 4.82. The molecule has 0 unspecified atom stereocenters. The van der Waals surface area contributed by atoms with Gasteiger partial charge in [0.2, 0.25) is 0 Å². The van der Waals surface area contributed by atoms with Crippen LogP contribution in [0.3, 0.4) is 0 Å². The lowest BCUT2D eigenvalue weighted by Crippen LogP contribution is -2.22. The predicted molar refractivity (Wildman–Crippen MR) is 75.2 cm³/mol. The van der Waals surface area contributed by atoms with Gasteiger partial charge in [0.05, 0.1) is 0 Å². The molecule has 2 aromatic carbocycles. The number of esters is 1. The fraction of sp³-hybridized carbons (Fsp3) is 0.118. The fourth-order valence-electron chi connectivity index (χ4n) is 2.52. The lowest BCUT2D eigenvalue weighted by Gasteiger charge is -2.19. The standard InChI is InChI=1S/C17H12O4/c1-10(18)21-9-11-5-4-8-14-15(11)17(20)13-7-3-2-6-12(13)16(14)19/h2-8H,9H2,1H3. The van der Waals surface area contributed by atoms with Crippen molar-refractivity contribution < 1.29 is 19.1 Å². The first-order chi connectivity index (χ1) is 10.1. The van der Waals surface area contributed by atoms with Crippen molar-refractivity contribution in [3.05, 3.63) is 70.3 Å². The summed E-state index contributed by atoms with van der Waals surface area (Å²) < 4.78 is 4.96. The van der Waals surface area contributed by atoms with Gasteiger partial charge in [0, 0.05) is 34.7 Å². The highest BCUT2D eigenvalue weighted by molar-refractivity contribution is 6.28. The number of hydrogen-bond donors (Lipinski definition) is 0. The molecule has 0 aliphatic heterocycles. The van der Waals surface area contributed by atoms with Gasteiger partial charge in [-0.15, -0.1) is 0 Å². The number of carbonyl (C=O) groups is 3. The van der Waals surface area contributed by atoms with Crippen molar-refractivity contribution in [1.82, 2.24) is 0 Å². The highest BCUT2D eigenvalue weighted by atomic mass is 16.5. The maximum Gasteiger partial charge on any atom is 0.302 e. The minimum Gasteiger partial charge on any atom is -0.461 e. The molecule has 1 aliphatic carbocycles. The van der Waals surface area contributed by atoms with E-state index in [9.17, 15) is 14.4 Å². The first kappa shape index (κ1) is 13.2. The van der Waals surface area contributed by atoms with Crippen LogP contribution >= 0.6 is 0 Å². The number of ketones is 2. The summed E-state index contributed by atoms with van der Waals surface area (Å²) in [5, 5.41) is 0. The summed E-state index contributed by atoms with van der Waals surface area (Å²) in [6.45, 7) is 1.29. The molecule has 0 fully saturated rings. The third-order valence-electron chi connectivity index (χ3n) is 3.47. The van der Waals surface area contributed by atoms with Crippen LogP contribution in [0.4, 0.5) is 0 Å². The van der Waals surface area contributed by atoms with Gasteiger partial charge >= 0.3 is 5.97 Å². The molecule has 0 bridgehead atoms. The van der Waals surface area contributed by atoms with Crippen LogP contribution in [-0.2, 0) is 16.1 Å². The van der Waals surface area contributed by atoms with Crippen molar-refractivity contribution >= 4 is 17.5 Å². The summed E-state index contributed by atoms with van der Waals surface area (Å²) >= 11 is 0. The molecule has 0 aromatic heterocycles. The van der Waals surface area contributed by atoms with Crippen LogP contribution in [0, 0.1) is 0 Å². The SMILES string of the molecule is CC(=O)OCc1cccc2c1C(=O)c1ccccc1C2=O. The van der Waals surface area contributed by atoms with E-state index in [1.807, 2.05) is 0 Å². The summed E-state index contributed by atoms with van der Waals surface area (Å²) in [5.74, 6) is -0.810. The molecule has 0 heterocycles. The fourth-order valence-corrected chi connectivity index (χ4v) is 2.52. The summed E-state index contributed by atoms with van der Waals surface area (Å²) in [6.07, 6.45) is 0. The highest BCUT2D eigenvalue weighted by Gasteiger charge is 2.31. The van der Waals surface area contributed by atoms with Crippen molar-refractivity contribution in [1.29, 1.82) is 0 Å². The van der Waals surface area contributed by atoms with Crippen molar-refractivity contribution in [3.8, 4) is 0 Å². The molecule has 0 amide bonds. The van der Waals surface area contributed by atoms with Gasteiger partial charge in [0.25, 0.3) is 0 Å². The topological polar surface area (TPSA) is 60.4 Å². The largest absolute Gasteiger partial charge is 0.461 e. The number of benzene rings is 2. The van der Waals surface area contributed by atoms with Gasteiger partial charge in [-0.1, -0.05) is 42.5 Å². The maximum atomic E-state index is 12.6. The van der Waals surface area contributed by atoms with E-state index in [-0.39, 0.29) is 18.2 Å². The minimum absolute atomic E-state index is 0.0142. The van der Waals surface area contributed by atoms with E-state index in [4.69, 9.17) is 4.74 Å². The summed E-state index contributed by atoms with van der Waals surface area (Å²) in [4.78, 5) is 36.1. The van der Waals surface area contributed by atoms with Gasteiger partial charge in [0.1, 0.15) is 6.61 Å². The molecular weight excluding hydrogens is 268 g/mol. The van der Waals surface area contributed by atoms with Crippen LogP contribution in [0.15, 0.2) is 42.5 Å². The Balaban J connectivity index is 2.14. The average Bonchev–Trinajstić information content (AvgIpc) is 2.50. The van der Waals surface area contributed by atoms with E-state index in [1.165, 1.54) is 6.92 Å². The quantitative estimate of drug-likeness (QED) is 0.677. The van der Waals surface area contributed by atoms with Gasteiger partial charge in [-0.3, -0.25) is 14.4 Å². The number of rotatable bonds is 2. The molecule has 1 aliphatic rings. The van der Waals surface area contributed by atoms with E-state index in [0.717, 1.165) is 0 Å². The highest BCUT2D eigenvalue weighted by Crippen LogP contribution is 2.29. The molecule has 2 aromatic rings. The average molecular weight is 280 g/mol. The second kappa shape index (κ2) is 4.98.